The highest BCUT2D eigenvalue weighted by Gasteiger charge is 2.46. The van der Waals surface area contributed by atoms with Gasteiger partial charge < -0.3 is 15.8 Å². The predicted octanol–water partition coefficient (Wildman–Crippen LogP) is 1.19. The quantitative estimate of drug-likeness (QED) is 0.697. The molecule has 16 heavy (non-hydrogen) atoms. The maximum absolute atomic E-state index is 12.2. The van der Waals surface area contributed by atoms with Crippen LogP contribution in [0.1, 0.15) is 46.5 Å². The molecule has 2 atom stereocenters. The molecule has 1 rings (SSSR count). The number of nitrogens with two attached hydrogens (primary N) is 1. The van der Waals surface area contributed by atoms with Crippen LogP contribution in [0.2, 0.25) is 0 Å². The molecule has 94 valence electrons. The second kappa shape index (κ2) is 4.72. The Kier molecular flexibility index (Phi) is 3.97. The third kappa shape index (κ3) is 2.74. The van der Waals surface area contributed by atoms with Crippen LogP contribution in [0.4, 0.5) is 0 Å². The molecule has 0 bridgehead atoms. The first kappa shape index (κ1) is 13.5. The zero-order chi connectivity index (χ0) is 12.4. The molecule has 1 aliphatic carbocycles. The van der Waals surface area contributed by atoms with Gasteiger partial charge in [-0.25, -0.2) is 4.79 Å². The minimum atomic E-state index is -0.689. The van der Waals surface area contributed by atoms with Crippen molar-refractivity contribution in [2.45, 2.75) is 63.6 Å². The van der Waals surface area contributed by atoms with E-state index in [0.29, 0.717) is 0 Å². The lowest BCUT2D eigenvalue weighted by molar-refractivity contribution is -0.165. The van der Waals surface area contributed by atoms with Crippen LogP contribution in [0.15, 0.2) is 0 Å². The second-order valence-electron chi connectivity index (χ2n) is 5.58. The fraction of sp³-hybridized carbons (Fsp3) is 0.917. The number of ether oxygens (including phenoxy) is 1. The van der Waals surface area contributed by atoms with Gasteiger partial charge in [0.15, 0.2) is 0 Å². The molecule has 2 unspecified atom stereocenters. The van der Waals surface area contributed by atoms with Crippen LogP contribution < -0.4 is 11.1 Å². The lowest BCUT2D eigenvalue weighted by Crippen LogP contribution is -2.64. The van der Waals surface area contributed by atoms with Crippen molar-refractivity contribution in [3.63, 3.8) is 0 Å². The maximum atomic E-state index is 12.2. The number of carbonyl (C=O) groups is 1. The molecule has 0 spiro atoms. The van der Waals surface area contributed by atoms with Crippen molar-refractivity contribution >= 4 is 5.97 Å². The van der Waals surface area contributed by atoms with E-state index in [1.165, 1.54) is 0 Å². The Morgan fingerprint density at radius 1 is 1.44 bits per heavy atom. The summed E-state index contributed by atoms with van der Waals surface area (Å²) in [5, 5.41) is 3.09. The highest BCUT2D eigenvalue weighted by atomic mass is 16.6. The Bertz CT molecular complexity index is 260. The van der Waals surface area contributed by atoms with E-state index in [1.807, 2.05) is 20.8 Å². The Morgan fingerprint density at radius 3 is 2.50 bits per heavy atom. The van der Waals surface area contributed by atoms with E-state index >= 15 is 0 Å². The molecule has 0 aliphatic heterocycles. The summed E-state index contributed by atoms with van der Waals surface area (Å²) in [6.07, 6.45) is 3.75. The number of hydrogen-bond donors (Lipinski definition) is 2. The minimum Gasteiger partial charge on any atom is -0.459 e. The molecule has 1 saturated carbocycles. The van der Waals surface area contributed by atoms with Crippen LogP contribution in [0, 0.1) is 0 Å². The first-order valence-electron chi connectivity index (χ1n) is 6.00. The number of rotatable bonds is 2. The van der Waals surface area contributed by atoms with Gasteiger partial charge in [-0.1, -0.05) is 12.8 Å². The zero-order valence-corrected chi connectivity index (χ0v) is 10.8. The van der Waals surface area contributed by atoms with Gasteiger partial charge >= 0.3 is 5.97 Å². The SMILES string of the molecule is CNC1(C(=O)OC(C)(C)C)CCCCC1N. The Morgan fingerprint density at radius 2 is 2.06 bits per heavy atom. The Labute approximate surface area is 97.9 Å². The molecule has 0 aromatic carbocycles. The topological polar surface area (TPSA) is 64.3 Å². The molecule has 3 N–H and O–H groups in total. The summed E-state index contributed by atoms with van der Waals surface area (Å²) >= 11 is 0. The van der Waals surface area contributed by atoms with E-state index in [4.69, 9.17) is 10.5 Å². The van der Waals surface area contributed by atoms with Gasteiger partial charge in [0.1, 0.15) is 11.1 Å². The van der Waals surface area contributed by atoms with Gasteiger partial charge in [0, 0.05) is 6.04 Å². The largest absolute Gasteiger partial charge is 0.459 e. The van der Waals surface area contributed by atoms with Crippen molar-refractivity contribution in [2.75, 3.05) is 7.05 Å². The van der Waals surface area contributed by atoms with E-state index in [9.17, 15) is 4.79 Å². The zero-order valence-electron chi connectivity index (χ0n) is 10.8. The van der Waals surface area contributed by atoms with Gasteiger partial charge in [-0.3, -0.25) is 0 Å². The van der Waals surface area contributed by atoms with Crippen molar-refractivity contribution in [3.05, 3.63) is 0 Å². The highest BCUT2D eigenvalue weighted by molar-refractivity contribution is 5.82. The highest BCUT2D eigenvalue weighted by Crippen LogP contribution is 2.29. The van der Waals surface area contributed by atoms with Gasteiger partial charge in [-0.15, -0.1) is 0 Å². The van der Waals surface area contributed by atoms with Gasteiger partial charge in [-0.05, 0) is 40.7 Å². The van der Waals surface area contributed by atoms with Crippen LogP contribution >= 0.6 is 0 Å². The molecule has 0 aromatic rings. The lowest BCUT2D eigenvalue weighted by Gasteiger charge is -2.41. The van der Waals surface area contributed by atoms with Crippen LogP contribution in [-0.2, 0) is 9.53 Å². The van der Waals surface area contributed by atoms with Gasteiger partial charge in [0.25, 0.3) is 0 Å². The van der Waals surface area contributed by atoms with Crippen molar-refractivity contribution in [1.29, 1.82) is 0 Å². The fourth-order valence-corrected chi connectivity index (χ4v) is 2.23. The van der Waals surface area contributed by atoms with Gasteiger partial charge in [0.05, 0.1) is 0 Å². The van der Waals surface area contributed by atoms with Crippen molar-refractivity contribution in [3.8, 4) is 0 Å². The summed E-state index contributed by atoms with van der Waals surface area (Å²) in [5.74, 6) is -0.213. The van der Waals surface area contributed by atoms with Crippen LogP contribution in [0.5, 0.6) is 0 Å². The smallest absolute Gasteiger partial charge is 0.328 e. The van der Waals surface area contributed by atoms with Crippen molar-refractivity contribution in [1.82, 2.24) is 5.32 Å². The third-order valence-electron chi connectivity index (χ3n) is 3.18. The van der Waals surface area contributed by atoms with E-state index in [1.54, 1.807) is 7.05 Å². The van der Waals surface area contributed by atoms with Crippen molar-refractivity contribution < 1.29 is 9.53 Å². The fourth-order valence-electron chi connectivity index (χ4n) is 2.23. The molecule has 0 saturated heterocycles. The standard InChI is InChI=1S/C12H24N2O2/c1-11(2,3)16-10(15)12(14-4)8-6-5-7-9(12)13/h9,14H,5-8,13H2,1-4H3. The summed E-state index contributed by atoms with van der Waals surface area (Å²) in [5.41, 5.74) is 4.93. The Hall–Kier alpha value is -0.610. The maximum Gasteiger partial charge on any atom is 0.328 e. The monoisotopic (exact) mass is 228 g/mol. The summed E-state index contributed by atoms with van der Waals surface area (Å²) in [7, 11) is 1.79. The average Bonchev–Trinajstić information content (AvgIpc) is 2.16. The average molecular weight is 228 g/mol. The van der Waals surface area contributed by atoms with Crippen LogP contribution in [0.3, 0.4) is 0 Å². The molecule has 4 heteroatoms. The first-order valence-corrected chi connectivity index (χ1v) is 6.00. The number of nitrogens with one attached hydrogen (secondary N) is 1. The van der Waals surface area contributed by atoms with E-state index < -0.39 is 11.1 Å². The van der Waals surface area contributed by atoms with Gasteiger partial charge in [0.2, 0.25) is 0 Å². The number of hydrogen-bond acceptors (Lipinski definition) is 4. The molecule has 0 amide bonds. The van der Waals surface area contributed by atoms with E-state index in [2.05, 4.69) is 5.32 Å². The minimum absolute atomic E-state index is 0.152. The molecule has 4 nitrogen and oxygen atoms in total. The summed E-state index contributed by atoms with van der Waals surface area (Å²) in [6.45, 7) is 5.63. The summed E-state index contributed by atoms with van der Waals surface area (Å²) in [4.78, 5) is 12.2. The normalized spacial score (nSPS) is 31.2. The number of esters is 1. The van der Waals surface area contributed by atoms with E-state index in [-0.39, 0.29) is 12.0 Å². The van der Waals surface area contributed by atoms with Crippen LogP contribution in [-0.4, -0.2) is 30.2 Å². The lowest BCUT2D eigenvalue weighted by atomic mass is 9.77. The molecule has 1 fully saturated rings. The molecular weight excluding hydrogens is 204 g/mol. The first-order chi connectivity index (χ1) is 7.32. The molecule has 0 heterocycles. The Balaban J connectivity index is 2.82. The molecule has 0 aromatic heterocycles. The molecule has 1 aliphatic rings. The summed E-state index contributed by atoms with van der Waals surface area (Å²) in [6, 6.07) is -0.152. The number of likely N-dealkylation sites (N-methyl/N-ethyl adjacent to an activating group) is 1. The summed E-state index contributed by atoms with van der Waals surface area (Å²) < 4.78 is 5.46. The van der Waals surface area contributed by atoms with E-state index in [0.717, 1.165) is 25.7 Å². The van der Waals surface area contributed by atoms with Crippen molar-refractivity contribution in [2.24, 2.45) is 5.73 Å². The molecule has 0 radical (unpaired) electrons. The molecular formula is C12H24N2O2. The van der Waals surface area contributed by atoms with Gasteiger partial charge in [-0.2, -0.15) is 0 Å². The second-order valence-corrected chi connectivity index (χ2v) is 5.58. The van der Waals surface area contributed by atoms with Crippen LogP contribution in [0.25, 0.3) is 0 Å². The third-order valence-corrected chi connectivity index (χ3v) is 3.18. The number of carbonyl (C=O) groups excluding carboxylic acids is 1. The predicted molar refractivity (Wildman–Crippen MR) is 64.1 cm³/mol.